The zero-order chi connectivity index (χ0) is 18.1. The molecular weight excluding hydrogens is 370 g/mol. The Kier molecular flexibility index (Phi) is 4.44. The molecule has 0 spiro atoms. The van der Waals surface area contributed by atoms with Crippen LogP contribution in [0.4, 0.5) is 5.69 Å². The summed E-state index contributed by atoms with van der Waals surface area (Å²) in [5, 5.41) is 9.11. The first-order chi connectivity index (χ1) is 12.7. The molecule has 1 aromatic carbocycles. The van der Waals surface area contributed by atoms with Crippen molar-refractivity contribution in [2.75, 3.05) is 18.5 Å². The largest absolute Gasteiger partial charge is 0.477 e. The number of carbonyl (C=O) groups is 2. The Bertz CT molecular complexity index is 952. The van der Waals surface area contributed by atoms with E-state index >= 15 is 0 Å². The molecule has 3 heterocycles. The molecule has 2 amide bonds. The number of ether oxygens (including phenoxy) is 1. The van der Waals surface area contributed by atoms with Crippen LogP contribution < -0.4 is 15.0 Å². The number of nitrogens with zero attached hydrogens (tertiary/aromatic N) is 2. The van der Waals surface area contributed by atoms with Gasteiger partial charge in [-0.15, -0.1) is 11.3 Å². The number of aromatic nitrogens is 1. The molecule has 1 aliphatic heterocycles. The van der Waals surface area contributed by atoms with Crippen LogP contribution in [0.25, 0.3) is 10.6 Å². The summed E-state index contributed by atoms with van der Waals surface area (Å²) in [6, 6.07) is 9.18. The maximum absolute atomic E-state index is 13.1. The van der Waals surface area contributed by atoms with Gasteiger partial charge in [-0.1, -0.05) is 12.1 Å². The number of rotatable bonds is 3. The molecule has 1 atom stereocenters. The summed E-state index contributed by atoms with van der Waals surface area (Å²) in [6.07, 6.45) is -0.756. The molecule has 6 nitrogen and oxygen atoms in total. The minimum atomic E-state index is -0.756. The summed E-state index contributed by atoms with van der Waals surface area (Å²) < 4.78 is 5.74. The standard InChI is InChI=1S/C18H15N3O3S2/c1-19-16(22)15-8-21(13-4-2-3-5-14(13)24-15)18(23)12-10-26-17(20-12)11-6-7-25-9-11/h2-7,9-10,15H,8H2,1H3,(H,19,22)/t15-/m1/s1. The third-order valence-corrected chi connectivity index (χ3v) is 5.62. The third kappa shape index (κ3) is 2.97. The van der Waals surface area contributed by atoms with Gasteiger partial charge < -0.3 is 10.1 Å². The molecule has 3 aromatic rings. The Morgan fingerprint density at radius 2 is 2.12 bits per heavy atom. The van der Waals surface area contributed by atoms with Crippen molar-refractivity contribution < 1.29 is 14.3 Å². The van der Waals surface area contributed by atoms with Crippen LogP contribution in [0.2, 0.25) is 0 Å². The highest BCUT2D eigenvalue weighted by atomic mass is 32.1. The van der Waals surface area contributed by atoms with Gasteiger partial charge >= 0.3 is 0 Å². The number of para-hydroxylation sites is 2. The fourth-order valence-electron chi connectivity index (χ4n) is 2.75. The van der Waals surface area contributed by atoms with Gasteiger partial charge in [-0.25, -0.2) is 4.98 Å². The summed E-state index contributed by atoms with van der Waals surface area (Å²) in [5.41, 5.74) is 2.01. The van der Waals surface area contributed by atoms with Crippen LogP contribution in [0.1, 0.15) is 10.5 Å². The summed E-state index contributed by atoms with van der Waals surface area (Å²) in [4.78, 5) is 31.2. The lowest BCUT2D eigenvalue weighted by Crippen LogP contribution is -2.50. The van der Waals surface area contributed by atoms with Crippen molar-refractivity contribution in [3.8, 4) is 16.3 Å². The molecule has 0 saturated carbocycles. The number of thiophene rings is 1. The van der Waals surface area contributed by atoms with E-state index in [1.807, 2.05) is 29.0 Å². The molecule has 0 radical (unpaired) electrons. The van der Waals surface area contributed by atoms with E-state index in [1.54, 1.807) is 40.8 Å². The zero-order valence-electron chi connectivity index (χ0n) is 13.8. The van der Waals surface area contributed by atoms with Gasteiger partial charge in [-0.05, 0) is 23.6 Å². The quantitative estimate of drug-likeness (QED) is 0.752. The van der Waals surface area contributed by atoms with E-state index < -0.39 is 6.10 Å². The fourth-order valence-corrected chi connectivity index (χ4v) is 4.26. The Hall–Kier alpha value is -2.71. The van der Waals surface area contributed by atoms with E-state index in [2.05, 4.69) is 10.3 Å². The molecule has 0 fully saturated rings. The van der Waals surface area contributed by atoms with Gasteiger partial charge in [-0.2, -0.15) is 11.3 Å². The second kappa shape index (κ2) is 6.89. The first-order valence-corrected chi connectivity index (χ1v) is 9.77. The van der Waals surface area contributed by atoms with Gasteiger partial charge in [0.05, 0.1) is 12.2 Å². The van der Waals surface area contributed by atoms with Crippen LogP contribution in [0.3, 0.4) is 0 Å². The molecule has 2 aromatic heterocycles. The first-order valence-electron chi connectivity index (χ1n) is 7.94. The Morgan fingerprint density at radius 3 is 2.88 bits per heavy atom. The van der Waals surface area contributed by atoms with E-state index in [4.69, 9.17) is 4.74 Å². The van der Waals surface area contributed by atoms with Crippen molar-refractivity contribution in [2.24, 2.45) is 0 Å². The molecule has 0 saturated heterocycles. The summed E-state index contributed by atoms with van der Waals surface area (Å²) in [7, 11) is 1.55. The highest BCUT2D eigenvalue weighted by molar-refractivity contribution is 7.14. The van der Waals surface area contributed by atoms with Crippen LogP contribution >= 0.6 is 22.7 Å². The normalized spacial score (nSPS) is 15.9. The first kappa shape index (κ1) is 16.7. The van der Waals surface area contributed by atoms with Crippen molar-refractivity contribution >= 4 is 40.2 Å². The highest BCUT2D eigenvalue weighted by Gasteiger charge is 2.34. The molecule has 1 N–H and O–H groups in total. The molecule has 26 heavy (non-hydrogen) atoms. The lowest BCUT2D eigenvalue weighted by Gasteiger charge is -2.33. The van der Waals surface area contributed by atoms with Crippen LogP contribution in [0.5, 0.6) is 5.75 Å². The predicted octanol–water partition coefficient (Wildman–Crippen LogP) is 3.03. The Labute approximate surface area is 158 Å². The number of carbonyl (C=O) groups excluding carboxylic acids is 2. The minimum absolute atomic E-state index is 0.140. The molecule has 0 aliphatic carbocycles. The Balaban J connectivity index is 1.67. The molecule has 1 aliphatic rings. The van der Waals surface area contributed by atoms with Crippen LogP contribution in [0.15, 0.2) is 46.5 Å². The number of hydrogen-bond donors (Lipinski definition) is 1. The molecule has 132 valence electrons. The number of fused-ring (bicyclic) bond motifs is 1. The van der Waals surface area contributed by atoms with Crippen molar-refractivity contribution in [2.45, 2.75) is 6.10 Å². The fraction of sp³-hybridized carbons (Fsp3) is 0.167. The van der Waals surface area contributed by atoms with E-state index in [-0.39, 0.29) is 18.4 Å². The lowest BCUT2D eigenvalue weighted by atomic mass is 10.1. The molecule has 8 heteroatoms. The van der Waals surface area contributed by atoms with Gasteiger partial charge in [-0.3, -0.25) is 14.5 Å². The van der Waals surface area contributed by atoms with Gasteiger partial charge in [0.2, 0.25) is 0 Å². The van der Waals surface area contributed by atoms with E-state index in [1.165, 1.54) is 11.3 Å². The SMILES string of the molecule is CNC(=O)[C@H]1CN(C(=O)c2csc(-c3ccsc3)n2)c2ccccc2O1. The number of hydrogen-bond acceptors (Lipinski definition) is 6. The van der Waals surface area contributed by atoms with Crippen molar-refractivity contribution in [3.05, 3.63) is 52.2 Å². The second-order valence-corrected chi connectivity index (χ2v) is 7.29. The topological polar surface area (TPSA) is 71.5 Å². The third-order valence-electron chi connectivity index (χ3n) is 4.05. The van der Waals surface area contributed by atoms with Crippen LogP contribution in [0, 0.1) is 0 Å². The van der Waals surface area contributed by atoms with Crippen LogP contribution in [-0.4, -0.2) is 36.5 Å². The summed E-state index contributed by atoms with van der Waals surface area (Å²) in [5.74, 6) is -0.00378. The van der Waals surface area contributed by atoms with E-state index in [0.29, 0.717) is 17.1 Å². The van der Waals surface area contributed by atoms with Gasteiger partial charge in [0.15, 0.2) is 6.10 Å². The number of amides is 2. The predicted molar refractivity (Wildman–Crippen MR) is 102 cm³/mol. The molecule has 0 bridgehead atoms. The zero-order valence-corrected chi connectivity index (χ0v) is 15.5. The average Bonchev–Trinajstić information content (AvgIpc) is 3.37. The van der Waals surface area contributed by atoms with Crippen molar-refractivity contribution in [1.82, 2.24) is 10.3 Å². The molecular formula is C18H15N3O3S2. The number of thiazole rings is 1. The maximum atomic E-state index is 13.1. The maximum Gasteiger partial charge on any atom is 0.278 e. The van der Waals surface area contributed by atoms with E-state index in [9.17, 15) is 9.59 Å². The molecule has 0 unspecified atom stereocenters. The number of anilines is 1. The lowest BCUT2D eigenvalue weighted by molar-refractivity contribution is -0.127. The van der Waals surface area contributed by atoms with Crippen LogP contribution in [-0.2, 0) is 4.79 Å². The number of benzene rings is 1. The number of likely N-dealkylation sites (N-methyl/N-ethyl adjacent to an activating group) is 1. The highest BCUT2D eigenvalue weighted by Crippen LogP contribution is 2.35. The second-order valence-electron chi connectivity index (χ2n) is 5.65. The molecule has 4 rings (SSSR count). The smallest absolute Gasteiger partial charge is 0.278 e. The Morgan fingerprint density at radius 1 is 1.27 bits per heavy atom. The number of nitrogens with one attached hydrogen (secondary N) is 1. The van der Waals surface area contributed by atoms with E-state index in [0.717, 1.165) is 10.6 Å². The minimum Gasteiger partial charge on any atom is -0.477 e. The van der Waals surface area contributed by atoms with Crippen molar-refractivity contribution in [1.29, 1.82) is 0 Å². The average molecular weight is 385 g/mol. The van der Waals surface area contributed by atoms with Gasteiger partial charge in [0.1, 0.15) is 16.5 Å². The van der Waals surface area contributed by atoms with Crippen molar-refractivity contribution in [3.63, 3.8) is 0 Å². The van der Waals surface area contributed by atoms with Gasteiger partial charge in [0, 0.05) is 23.4 Å². The summed E-state index contributed by atoms with van der Waals surface area (Å²) >= 11 is 3.02. The monoisotopic (exact) mass is 385 g/mol. The summed E-state index contributed by atoms with van der Waals surface area (Å²) in [6.45, 7) is 0.140. The van der Waals surface area contributed by atoms with Gasteiger partial charge in [0.25, 0.3) is 11.8 Å².